The molecule has 0 rings (SSSR count). The minimum atomic E-state index is -2.68. The molecule has 96 valence electrons. The number of carboxylic acids is 1. The third kappa shape index (κ3) is 6.07. The van der Waals surface area contributed by atoms with E-state index in [9.17, 15) is 9.00 Å². The van der Waals surface area contributed by atoms with Gasteiger partial charge in [0.25, 0.3) is 0 Å². The van der Waals surface area contributed by atoms with Crippen molar-refractivity contribution in [3.8, 4) is 0 Å². The molecule has 16 heavy (non-hydrogen) atoms. The SMILES string of the molecule is CCC(CC)CS(=N)(=O)CC[C@H](N)C(=O)O. The Morgan fingerprint density at radius 1 is 1.44 bits per heavy atom. The monoisotopic (exact) mass is 250 g/mol. The summed E-state index contributed by atoms with van der Waals surface area (Å²) in [6.45, 7) is 4.01. The molecule has 0 saturated carbocycles. The molecule has 0 bridgehead atoms. The van der Waals surface area contributed by atoms with Crippen LogP contribution in [0, 0.1) is 10.7 Å². The van der Waals surface area contributed by atoms with E-state index < -0.39 is 21.7 Å². The molecule has 0 heterocycles. The highest BCUT2D eigenvalue weighted by Crippen LogP contribution is 2.12. The number of hydrogen-bond acceptors (Lipinski definition) is 4. The van der Waals surface area contributed by atoms with Crippen LogP contribution in [0.4, 0.5) is 0 Å². The van der Waals surface area contributed by atoms with E-state index in [0.29, 0.717) is 5.75 Å². The summed E-state index contributed by atoms with van der Waals surface area (Å²) in [6, 6.07) is -1.01. The zero-order chi connectivity index (χ0) is 12.8. The highest BCUT2D eigenvalue weighted by Gasteiger charge is 2.17. The minimum Gasteiger partial charge on any atom is -0.480 e. The second-order valence-electron chi connectivity index (χ2n) is 4.10. The summed E-state index contributed by atoms with van der Waals surface area (Å²) in [5.41, 5.74) is 5.31. The summed E-state index contributed by atoms with van der Waals surface area (Å²) >= 11 is 0. The van der Waals surface area contributed by atoms with E-state index in [1.807, 2.05) is 13.8 Å². The Morgan fingerprint density at radius 3 is 2.31 bits per heavy atom. The molecule has 4 N–H and O–H groups in total. The molecule has 0 radical (unpaired) electrons. The Kier molecular flexibility index (Phi) is 6.59. The van der Waals surface area contributed by atoms with Crippen LogP contribution in [0.15, 0.2) is 0 Å². The summed E-state index contributed by atoms with van der Waals surface area (Å²) in [5, 5.41) is 8.57. The van der Waals surface area contributed by atoms with Crippen LogP contribution >= 0.6 is 0 Å². The standard InChI is InChI=1S/C10H22N2O3S/c1-3-8(4-2)7-16(12,15)6-5-9(11)10(13)14/h8-9,12H,3-7,11H2,1-2H3,(H,13,14)/t9-,16?/m0/s1. The zero-order valence-corrected chi connectivity index (χ0v) is 10.8. The van der Waals surface area contributed by atoms with Gasteiger partial charge in [0.15, 0.2) is 0 Å². The third-order valence-corrected chi connectivity index (χ3v) is 4.64. The molecule has 0 aromatic heterocycles. The van der Waals surface area contributed by atoms with Crippen molar-refractivity contribution in [1.29, 1.82) is 4.78 Å². The lowest BCUT2D eigenvalue weighted by Gasteiger charge is -2.15. The van der Waals surface area contributed by atoms with Crippen LogP contribution in [0.3, 0.4) is 0 Å². The fourth-order valence-electron chi connectivity index (χ4n) is 1.43. The quantitative estimate of drug-likeness (QED) is 0.603. The van der Waals surface area contributed by atoms with Gasteiger partial charge in [0.2, 0.25) is 0 Å². The lowest BCUT2D eigenvalue weighted by molar-refractivity contribution is -0.138. The van der Waals surface area contributed by atoms with Gasteiger partial charge in [-0.05, 0) is 12.3 Å². The molecule has 1 unspecified atom stereocenters. The average molecular weight is 250 g/mol. The predicted octanol–water partition coefficient (Wildman–Crippen LogP) is 1.27. The van der Waals surface area contributed by atoms with Gasteiger partial charge in [0, 0.05) is 21.2 Å². The topological polar surface area (TPSA) is 104 Å². The normalized spacial score (nSPS) is 17.0. The van der Waals surface area contributed by atoms with Gasteiger partial charge in [0.05, 0.1) is 0 Å². The van der Waals surface area contributed by atoms with Crippen LogP contribution < -0.4 is 5.73 Å². The molecule has 0 aromatic carbocycles. The first-order chi connectivity index (χ1) is 7.32. The van der Waals surface area contributed by atoms with Crippen molar-refractivity contribution in [3.63, 3.8) is 0 Å². The predicted molar refractivity (Wildman–Crippen MR) is 64.9 cm³/mol. The number of nitrogens with one attached hydrogen (secondary N) is 1. The Bertz CT molecular complexity index is 310. The minimum absolute atomic E-state index is 0.0803. The first kappa shape index (κ1) is 15.4. The average Bonchev–Trinajstić information content (AvgIpc) is 2.22. The molecular weight excluding hydrogens is 228 g/mol. The molecule has 0 aromatic rings. The maximum Gasteiger partial charge on any atom is 0.320 e. The second-order valence-corrected chi connectivity index (χ2v) is 6.46. The number of carboxylic acid groups (broad SMARTS) is 1. The molecule has 0 aliphatic carbocycles. The van der Waals surface area contributed by atoms with E-state index in [2.05, 4.69) is 0 Å². The molecule has 5 nitrogen and oxygen atoms in total. The highest BCUT2D eigenvalue weighted by molar-refractivity contribution is 7.92. The van der Waals surface area contributed by atoms with E-state index in [1.54, 1.807) is 0 Å². The van der Waals surface area contributed by atoms with Gasteiger partial charge in [0.1, 0.15) is 6.04 Å². The van der Waals surface area contributed by atoms with Crippen molar-refractivity contribution in [1.82, 2.24) is 0 Å². The van der Waals surface area contributed by atoms with Crippen molar-refractivity contribution in [2.45, 2.75) is 39.2 Å². The molecule has 0 fully saturated rings. The molecule has 0 aliphatic rings. The van der Waals surface area contributed by atoms with Crippen molar-refractivity contribution in [2.24, 2.45) is 11.7 Å². The van der Waals surface area contributed by atoms with Crippen molar-refractivity contribution >= 4 is 15.7 Å². The number of nitrogens with two attached hydrogens (primary N) is 1. The fourth-order valence-corrected chi connectivity index (χ4v) is 3.46. The summed E-state index contributed by atoms with van der Waals surface area (Å²) in [7, 11) is -2.68. The van der Waals surface area contributed by atoms with Gasteiger partial charge in [-0.15, -0.1) is 0 Å². The van der Waals surface area contributed by atoms with Crippen molar-refractivity contribution in [2.75, 3.05) is 11.5 Å². The van der Waals surface area contributed by atoms with Gasteiger partial charge in [-0.1, -0.05) is 26.7 Å². The fraction of sp³-hybridized carbons (Fsp3) is 0.900. The van der Waals surface area contributed by atoms with E-state index in [0.717, 1.165) is 12.8 Å². The number of aliphatic carboxylic acids is 1. The Balaban J connectivity index is 4.20. The van der Waals surface area contributed by atoms with Gasteiger partial charge in [-0.2, -0.15) is 0 Å². The van der Waals surface area contributed by atoms with Gasteiger partial charge >= 0.3 is 5.97 Å². The summed E-state index contributed by atoms with van der Waals surface area (Å²) in [6.07, 6.45) is 1.91. The number of hydrogen-bond donors (Lipinski definition) is 3. The van der Waals surface area contributed by atoms with Gasteiger partial charge in [-0.3, -0.25) is 9.57 Å². The molecular formula is C10H22N2O3S. The van der Waals surface area contributed by atoms with Crippen LogP contribution in [-0.4, -0.2) is 32.8 Å². The van der Waals surface area contributed by atoms with Crippen LogP contribution in [-0.2, 0) is 14.5 Å². The summed E-state index contributed by atoms with van der Waals surface area (Å²) in [5.74, 6) is -0.382. The maximum absolute atomic E-state index is 11.9. The van der Waals surface area contributed by atoms with Crippen LogP contribution in [0.5, 0.6) is 0 Å². The zero-order valence-electron chi connectivity index (χ0n) is 9.94. The molecule has 0 spiro atoms. The Labute approximate surface area is 97.4 Å². The highest BCUT2D eigenvalue weighted by atomic mass is 32.2. The summed E-state index contributed by atoms with van der Waals surface area (Å²) in [4.78, 5) is 10.5. The number of rotatable bonds is 8. The molecule has 0 aliphatic heterocycles. The lowest BCUT2D eigenvalue weighted by atomic mass is 10.1. The van der Waals surface area contributed by atoms with Crippen LogP contribution in [0.2, 0.25) is 0 Å². The largest absolute Gasteiger partial charge is 0.480 e. The smallest absolute Gasteiger partial charge is 0.320 e. The number of carbonyl (C=O) groups is 1. The lowest BCUT2D eigenvalue weighted by Crippen LogP contribution is -2.32. The van der Waals surface area contributed by atoms with E-state index in [4.69, 9.17) is 15.6 Å². The molecule has 0 amide bonds. The second kappa shape index (κ2) is 6.85. The Hall–Kier alpha value is -0.620. The van der Waals surface area contributed by atoms with E-state index in [-0.39, 0.29) is 18.1 Å². The summed E-state index contributed by atoms with van der Waals surface area (Å²) < 4.78 is 19.5. The van der Waals surface area contributed by atoms with Crippen molar-refractivity contribution in [3.05, 3.63) is 0 Å². The first-order valence-corrected chi connectivity index (χ1v) is 7.44. The van der Waals surface area contributed by atoms with Crippen LogP contribution in [0.1, 0.15) is 33.1 Å². The molecule has 0 saturated heterocycles. The van der Waals surface area contributed by atoms with Gasteiger partial charge in [-0.25, -0.2) is 4.21 Å². The van der Waals surface area contributed by atoms with Crippen LogP contribution in [0.25, 0.3) is 0 Å². The molecule has 2 atom stereocenters. The van der Waals surface area contributed by atoms with Gasteiger partial charge < -0.3 is 10.8 Å². The van der Waals surface area contributed by atoms with Crippen molar-refractivity contribution < 1.29 is 14.1 Å². The third-order valence-electron chi connectivity index (χ3n) is 2.74. The first-order valence-electron chi connectivity index (χ1n) is 5.55. The molecule has 6 heteroatoms. The van der Waals surface area contributed by atoms with E-state index in [1.165, 1.54) is 0 Å². The van der Waals surface area contributed by atoms with E-state index >= 15 is 0 Å². The maximum atomic E-state index is 11.9. The Morgan fingerprint density at radius 2 is 1.94 bits per heavy atom.